The molecular formula is C14H22O. The predicted molar refractivity (Wildman–Crippen MR) is 60.5 cm³/mol. The van der Waals surface area contributed by atoms with Crippen molar-refractivity contribution < 1.29 is 4.79 Å². The maximum atomic E-state index is 11.4. The molecule has 2 atom stereocenters. The number of hydrogen-bond donors (Lipinski definition) is 0. The van der Waals surface area contributed by atoms with Crippen LogP contribution in [0.1, 0.15) is 52.4 Å². The summed E-state index contributed by atoms with van der Waals surface area (Å²) in [6, 6.07) is 0. The molecule has 4 aliphatic carbocycles. The minimum atomic E-state index is 0.106. The molecule has 0 aromatic heterocycles. The Balaban J connectivity index is 1.98. The molecule has 4 bridgehead atoms. The van der Waals surface area contributed by atoms with Crippen molar-refractivity contribution in [2.75, 3.05) is 0 Å². The van der Waals surface area contributed by atoms with Gasteiger partial charge in [0.2, 0.25) is 0 Å². The summed E-state index contributed by atoms with van der Waals surface area (Å²) in [5, 5.41) is 0. The van der Waals surface area contributed by atoms with E-state index in [1.165, 1.54) is 44.8 Å². The molecule has 84 valence electrons. The summed E-state index contributed by atoms with van der Waals surface area (Å²) < 4.78 is 0. The molecule has 0 heterocycles. The third-order valence-electron chi connectivity index (χ3n) is 5.63. The summed E-state index contributed by atoms with van der Waals surface area (Å²) in [4.78, 5) is 11.4. The molecule has 4 saturated carbocycles. The summed E-state index contributed by atoms with van der Waals surface area (Å²) in [5.41, 5.74) is 0.638. The van der Waals surface area contributed by atoms with Crippen LogP contribution in [0.5, 0.6) is 0 Å². The van der Waals surface area contributed by atoms with Gasteiger partial charge >= 0.3 is 0 Å². The zero-order valence-corrected chi connectivity index (χ0v) is 9.96. The topological polar surface area (TPSA) is 17.1 Å². The quantitative estimate of drug-likeness (QED) is 0.633. The molecule has 4 rings (SSSR count). The molecule has 15 heavy (non-hydrogen) atoms. The summed E-state index contributed by atoms with van der Waals surface area (Å²) in [5.74, 6) is 2.51. The van der Waals surface area contributed by atoms with Gasteiger partial charge in [-0.1, -0.05) is 13.8 Å². The Hall–Kier alpha value is -0.330. The molecule has 1 heteroatoms. The number of aldehydes is 1. The molecule has 0 aromatic carbocycles. The van der Waals surface area contributed by atoms with Gasteiger partial charge in [0, 0.05) is 5.41 Å². The van der Waals surface area contributed by atoms with E-state index >= 15 is 0 Å². The van der Waals surface area contributed by atoms with Crippen LogP contribution in [-0.2, 0) is 4.79 Å². The molecule has 0 aromatic rings. The fourth-order valence-electron chi connectivity index (χ4n) is 5.22. The van der Waals surface area contributed by atoms with Gasteiger partial charge in [0.25, 0.3) is 0 Å². The average Bonchev–Trinajstić information content (AvgIpc) is 2.15. The second-order valence-electron chi connectivity index (χ2n) is 6.96. The second-order valence-corrected chi connectivity index (χ2v) is 6.96. The molecule has 0 N–H and O–H groups in total. The van der Waals surface area contributed by atoms with E-state index in [-0.39, 0.29) is 5.41 Å². The van der Waals surface area contributed by atoms with Crippen molar-refractivity contribution in [1.82, 2.24) is 0 Å². The SMILES string of the molecule is CC(C)C12CC3CC(CC(C=O)(C3)C1)C2. The van der Waals surface area contributed by atoms with Crippen LogP contribution >= 0.6 is 0 Å². The van der Waals surface area contributed by atoms with Gasteiger partial charge in [0.15, 0.2) is 0 Å². The lowest BCUT2D eigenvalue weighted by molar-refractivity contribution is -0.150. The summed E-state index contributed by atoms with van der Waals surface area (Å²) >= 11 is 0. The minimum absolute atomic E-state index is 0.106. The van der Waals surface area contributed by atoms with Gasteiger partial charge in [-0.25, -0.2) is 0 Å². The fraction of sp³-hybridized carbons (Fsp3) is 0.929. The molecule has 0 aliphatic heterocycles. The van der Waals surface area contributed by atoms with Crippen LogP contribution in [0.15, 0.2) is 0 Å². The molecule has 4 fully saturated rings. The molecule has 0 spiro atoms. The summed E-state index contributed by atoms with van der Waals surface area (Å²) in [7, 11) is 0. The van der Waals surface area contributed by atoms with Crippen molar-refractivity contribution >= 4 is 6.29 Å². The third-order valence-corrected chi connectivity index (χ3v) is 5.63. The Labute approximate surface area is 92.6 Å². The highest BCUT2D eigenvalue weighted by Gasteiger charge is 2.58. The van der Waals surface area contributed by atoms with Gasteiger partial charge in [-0.2, -0.15) is 0 Å². The Bertz CT molecular complexity index is 278. The predicted octanol–water partition coefficient (Wildman–Crippen LogP) is 3.43. The van der Waals surface area contributed by atoms with Crippen molar-refractivity contribution in [3.8, 4) is 0 Å². The smallest absolute Gasteiger partial charge is 0.126 e. The maximum Gasteiger partial charge on any atom is 0.126 e. The van der Waals surface area contributed by atoms with Gasteiger partial charge in [-0.3, -0.25) is 0 Å². The van der Waals surface area contributed by atoms with E-state index in [9.17, 15) is 4.79 Å². The first-order valence-corrected chi connectivity index (χ1v) is 6.54. The van der Waals surface area contributed by atoms with Gasteiger partial charge in [0.1, 0.15) is 6.29 Å². The highest BCUT2D eigenvalue weighted by molar-refractivity contribution is 5.61. The average molecular weight is 206 g/mol. The number of carbonyl (C=O) groups is 1. The lowest BCUT2D eigenvalue weighted by Gasteiger charge is -2.62. The Morgan fingerprint density at radius 3 is 2.20 bits per heavy atom. The first-order chi connectivity index (χ1) is 7.07. The van der Waals surface area contributed by atoms with E-state index in [2.05, 4.69) is 13.8 Å². The van der Waals surface area contributed by atoms with Crippen molar-refractivity contribution in [3.63, 3.8) is 0 Å². The molecule has 2 unspecified atom stereocenters. The van der Waals surface area contributed by atoms with E-state index in [0.29, 0.717) is 5.41 Å². The molecule has 0 amide bonds. The van der Waals surface area contributed by atoms with Crippen LogP contribution < -0.4 is 0 Å². The van der Waals surface area contributed by atoms with Gasteiger partial charge < -0.3 is 4.79 Å². The van der Waals surface area contributed by atoms with Crippen LogP contribution in [0.3, 0.4) is 0 Å². The first-order valence-electron chi connectivity index (χ1n) is 6.54. The first kappa shape index (κ1) is 9.86. The number of rotatable bonds is 2. The van der Waals surface area contributed by atoms with Crippen LogP contribution in [-0.4, -0.2) is 6.29 Å². The normalized spacial score (nSPS) is 52.5. The van der Waals surface area contributed by atoms with Crippen LogP contribution in [0.25, 0.3) is 0 Å². The van der Waals surface area contributed by atoms with E-state index in [1.54, 1.807) is 0 Å². The molecule has 4 aliphatic rings. The van der Waals surface area contributed by atoms with Gasteiger partial charge in [-0.15, -0.1) is 0 Å². The number of carbonyl (C=O) groups excluding carboxylic acids is 1. The fourth-order valence-corrected chi connectivity index (χ4v) is 5.22. The lowest BCUT2D eigenvalue weighted by Crippen LogP contribution is -2.54. The molecule has 1 nitrogen and oxygen atoms in total. The van der Waals surface area contributed by atoms with Crippen molar-refractivity contribution in [3.05, 3.63) is 0 Å². The second kappa shape index (κ2) is 2.87. The minimum Gasteiger partial charge on any atom is -0.303 e. The zero-order valence-electron chi connectivity index (χ0n) is 9.96. The summed E-state index contributed by atoms with van der Waals surface area (Å²) in [6.45, 7) is 4.73. The van der Waals surface area contributed by atoms with Gasteiger partial charge in [-0.05, 0) is 61.7 Å². The maximum absolute atomic E-state index is 11.4. The van der Waals surface area contributed by atoms with E-state index in [1.807, 2.05) is 0 Å². The molecule has 0 saturated heterocycles. The standard InChI is InChI=1S/C14H22O/c1-10(2)14-6-11-3-12(7-14)5-13(4-11,8-14)9-15/h9-12H,3-8H2,1-2H3. The Kier molecular flexibility index (Phi) is 1.88. The summed E-state index contributed by atoms with van der Waals surface area (Å²) in [6.07, 6.45) is 9.19. The Morgan fingerprint density at radius 1 is 1.13 bits per heavy atom. The van der Waals surface area contributed by atoms with Crippen LogP contribution in [0, 0.1) is 28.6 Å². The zero-order chi connectivity index (χ0) is 10.7. The highest BCUT2D eigenvalue weighted by Crippen LogP contribution is 2.66. The largest absolute Gasteiger partial charge is 0.303 e. The van der Waals surface area contributed by atoms with Crippen molar-refractivity contribution in [2.24, 2.45) is 28.6 Å². The Morgan fingerprint density at radius 2 is 1.73 bits per heavy atom. The number of hydrogen-bond acceptors (Lipinski definition) is 1. The van der Waals surface area contributed by atoms with Crippen LogP contribution in [0.2, 0.25) is 0 Å². The van der Waals surface area contributed by atoms with E-state index < -0.39 is 0 Å². The van der Waals surface area contributed by atoms with E-state index in [0.717, 1.165) is 17.8 Å². The monoisotopic (exact) mass is 206 g/mol. The lowest BCUT2D eigenvalue weighted by atomic mass is 9.42. The highest BCUT2D eigenvalue weighted by atomic mass is 16.1. The van der Waals surface area contributed by atoms with Crippen molar-refractivity contribution in [2.45, 2.75) is 52.4 Å². The van der Waals surface area contributed by atoms with E-state index in [4.69, 9.17) is 0 Å². The molecule has 0 radical (unpaired) electrons. The molecular weight excluding hydrogens is 184 g/mol. The van der Waals surface area contributed by atoms with Crippen molar-refractivity contribution in [1.29, 1.82) is 0 Å². The van der Waals surface area contributed by atoms with Crippen LogP contribution in [0.4, 0.5) is 0 Å². The van der Waals surface area contributed by atoms with Gasteiger partial charge in [0.05, 0.1) is 0 Å². The third kappa shape index (κ3) is 1.24.